The van der Waals surface area contributed by atoms with Crippen LogP contribution in [0.4, 0.5) is 4.79 Å². The van der Waals surface area contributed by atoms with E-state index in [1.54, 1.807) is 25.2 Å². The number of nitrogens with one attached hydrogen (secondary N) is 3. The molecular weight excluding hydrogens is 290 g/mol. The molecule has 2 rings (SSSR count). The van der Waals surface area contributed by atoms with Gasteiger partial charge in [0.1, 0.15) is 0 Å². The maximum Gasteiger partial charge on any atom is 0.315 e. The fraction of sp³-hybridized carbons (Fsp3) is 0.444. The Morgan fingerprint density at radius 1 is 1.17 bits per heavy atom. The van der Waals surface area contributed by atoms with Gasteiger partial charge in [-0.25, -0.2) is 4.79 Å². The summed E-state index contributed by atoms with van der Waals surface area (Å²) >= 11 is 0. The van der Waals surface area contributed by atoms with Gasteiger partial charge < -0.3 is 16.0 Å². The van der Waals surface area contributed by atoms with Gasteiger partial charge in [-0.15, -0.1) is 0 Å². The van der Waals surface area contributed by atoms with Gasteiger partial charge in [-0.2, -0.15) is 0 Å². The third-order valence-electron chi connectivity index (χ3n) is 3.90. The molecule has 0 heterocycles. The summed E-state index contributed by atoms with van der Waals surface area (Å²) in [5.41, 5.74) is 1.19. The van der Waals surface area contributed by atoms with E-state index in [9.17, 15) is 9.59 Å². The normalized spacial score (nSPS) is 14.3. The molecule has 5 nitrogen and oxygen atoms in total. The quantitative estimate of drug-likeness (QED) is 0.747. The zero-order valence-electron chi connectivity index (χ0n) is 13.4. The number of carbonyl (C=O) groups is 2. The summed E-state index contributed by atoms with van der Waals surface area (Å²) < 4.78 is 0. The van der Waals surface area contributed by atoms with Crippen LogP contribution >= 0.6 is 0 Å². The number of carbonyl (C=O) groups excluding carboxylic acids is 2. The Labute approximate surface area is 137 Å². The van der Waals surface area contributed by atoms with Crippen molar-refractivity contribution in [2.45, 2.75) is 38.1 Å². The molecule has 1 aliphatic rings. The minimum absolute atomic E-state index is 0.169. The van der Waals surface area contributed by atoms with E-state index in [2.05, 4.69) is 27.8 Å². The van der Waals surface area contributed by atoms with Gasteiger partial charge in [-0.3, -0.25) is 4.79 Å². The van der Waals surface area contributed by atoms with E-state index < -0.39 is 0 Å². The maximum atomic E-state index is 11.8. The van der Waals surface area contributed by atoms with Crippen molar-refractivity contribution >= 4 is 11.9 Å². The molecule has 0 spiro atoms. The van der Waals surface area contributed by atoms with Crippen molar-refractivity contribution in [3.63, 3.8) is 0 Å². The van der Waals surface area contributed by atoms with Gasteiger partial charge in [0.05, 0.1) is 12.1 Å². The van der Waals surface area contributed by atoms with Crippen LogP contribution in [0.25, 0.3) is 0 Å². The Morgan fingerprint density at radius 2 is 1.91 bits per heavy atom. The molecule has 1 saturated carbocycles. The zero-order chi connectivity index (χ0) is 16.5. The highest BCUT2D eigenvalue weighted by Gasteiger charge is 2.14. The molecule has 1 aliphatic carbocycles. The lowest BCUT2D eigenvalue weighted by Crippen LogP contribution is -2.42. The first-order valence-electron chi connectivity index (χ1n) is 8.05. The highest BCUT2D eigenvalue weighted by atomic mass is 16.2. The molecular formula is C18H23N3O2. The number of amides is 3. The molecule has 3 N–H and O–H groups in total. The van der Waals surface area contributed by atoms with E-state index >= 15 is 0 Å². The van der Waals surface area contributed by atoms with Crippen LogP contribution in [0, 0.1) is 11.8 Å². The van der Waals surface area contributed by atoms with Gasteiger partial charge in [0, 0.05) is 18.7 Å². The molecule has 3 amide bonds. The summed E-state index contributed by atoms with van der Waals surface area (Å²) in [6.45, 7) is 0.251. The van der Waals surface area contributed by atoms with E-state index in [1.165, 1.54) is 19.3 Å². The Morgan fingerprint density at radius 3 is 2.65 bits per heavy atom. The average Bonchev–Trinajstić information content (AvgIpc) is 2.59. The Hall–Kier alpha value is -2.48. The molecule has 0 aliphatic heterocycles. The topological polar surface area (TPSA) is 70.2 Å². The second-order valence-corrected chi connectivity index (χ2v) is 5.59. The Balaban J connectivity index is 1.83. The first-order chi connectivity index (χ1) is 11.2. The summed E-state index contributed by atoms with van der Waals surface area (Å²) in [6.07, 6.45) is 5.73. The van der Waals surface area contributed by atoms with E-state index in [1.807, 2.05) is 6.07 Å². The highest BCUT2D eigenvalue weighted by molar-refractivity contribution is 5.96. The number of rotatable bonds is 3. The number of benzene rings is 1. The predicted octanol–water partition coefficient (Wildman–Crippen LogP) is 2.03. The minimum atomic E-state index is -0.175. The third-order valence-corrected chi connectivity index (χ3v) is 3.90. The van der Waals surface area contributed by atoms with Gasteiger partial charge in [-0.05, 0) is 25.0 Å². The maximum absolute atomic E-state index is 11.8. The van der Waals surface area contributed by atoms with Crippen LogP contribution in [0.1, 0.15) is 48.0 Å². The van der Waals surface area contributed by atoms with E-state index in [4.69, 9.17) is 0 Å². The smallest absolute Gasteiger partial charge is 0.315 e. The molecule has 0 radical (unpaired) electrons. The SMILES string of the molecule is CNC(=O)c1ccccc1C#CCNC(=O)NC1CCCCC1. The van der Waals surface area contributed by atoms with Crippen LogP contribution < -0.4 is 16.0 Å². The highest BCUT2D eigenvalue weighted by Crippen LogP contribution is 2.17. The average molecular weight is 313 g/mol. The van der Waals surface area contributed by atoms with E-state index in [0.29, 0.717) is 11.1 Å². The Bertz CT molecular complexity index is 610. The largest absolute Gasteiger partial charge is 0.355 e. The Kier molecular flexibility index (Phi) is 6.49. The second-order valence-electron chi connectivity index (χ2n) is 5.59. The summed E-state index contributed by atoms with van der Waals surface area (Å²) in [4.78, 5) is 23.5. The fourth-order valence-electron chi connectivity index (χ4n) is 2.67. The van der Waals surface area contributed by atoms with Gasteiger partial charge in [-0.1, -0.05) is 43.2 Å². The monoisotopic (exact) mass is 313 g/mol. The fourth-order valence-corrected chi connectivity index (χ4v) is 2.67. The molecule has 1 aromatic carbocycles. The van der Waals surface area contributed by atoms with Gasteiger partial charge >= 0.3 is 6.03 Å². The molecule has 5 heteroatoms. The molecule has 0 saturated heterocycles. The summed E-state index contributed by atoms with van der Waals surface area (Å²) in [7, 11) is 1.59. The van der Waals surface area contributed by atoms with Crippen LogP contribution in [0.5, 0.6) is 0 Å². The lowest BCUT2D eigenvalue weighted by Gasteiger charge is -2.22. The standard InChI is InChI=1S/C18H23N3O2/c1-19-17(22)16-12-6-5-8-14(16)9-7-13-20-18(23)21-15-10-3-2-4-11-15/h5-6,8,12,15H,2-4,10-11,13H2,1H3,(H,19,22)(H2,20,21,23). The van der Waals surface area contributed by atoms with Crippen molar-refractivity contribution in [3.05, 3.63) is 35.4 Å². The van der Waals surface area contributed by atoms with Crippen molar-refractivity contribution in [1.82, 2.24) is 16.0 Å². The van der Waals surface area contributed by atoms with Crippen LogP contribution in [-0.4, -0.2) is 31.6 Å². The zero-order valence-corrected chi connectivity index (χ0v) is 13.4. The van der Waals surface area contributed by atoms with E-state index in [0.717, 1.165) is 12.8 Å². The molecule has 0 unspecified atom stereocenters. The van der Waals surface area contributed by atoms with Crippen molar-refractivity contribution < 1.29 is 9.59 Å². The van der Waals surface area contributed by atoms with Crippen LogP contribution in [0.2, 0.25) is 0 Å². The van der Waals surface area contributed by atoms with Crippen molar-refractivity contribution in [2.24, 2.45) is 0 Å². The van der Waals surface area contributed by atoms with Gasteiger partial charge in [0.2, 0.25) is 0 Å². The number of hydrogen-bond acceptors (Lipinski definition) is 2. The van der Waals surface area contributed by atoms with Crippen LogP contribution in [-0.2, 0) is 0 Å². The summed E-state index contributed by atoms with van der Waals surface area (Å²) in [6, 6.07) is 7.26. The molecule has 23 heavy (non-hydrogen) atoms. The molecule has 0 bridgehead atoms. The third kappa shape index (κ3) is 5.33. The van der Waals surface area contributed by atoms with Crippen LogP contribution in [0.3, 0.4) is 0 Å². The van der Waals surface area contributed by atoms with Gasteiger partial charge in [0.15, 0.2) is 0 Å². The number of hydrogen-bond donors (Lipinski definition) is 3. The first kappa shape index (κ1) is 16.9. The van der Waals surface area contributed by atoms with Crippen molar-refractivity contribution in [3.8, 4) is 11.8 Å². The molecule has 1 fully saturated rings. The minimum Gasteiger partial charge on any atom is -0.355 e. The molecule has 1 aromatic rings. The number of urea groups is 1. The molecule has 0 aromatic heterocycles. The van der Waals surface area contributed by atoms with Gasteiger partial charge in [0.25, 0.3) is 5.91 Å². The summed E-state index contributed by atoms with van der Waals surface area (Å²) in [5, 5.41) is 8.30. The van der Waals surface area contributed by atoms with E-state index in [-0.39, 0.29) is 24.5 Å². The molecule has 122 valence electrons. The first-order valence-corrected chi connectivity index (χ1v) is 8.05. The molecule has 0 atom stereocenters. The predicted molar refractivity (Wildman–Crippen MR) is 90.1 cm³/mol. The van der Waals surface area contributed by atoms with Crippen molar-refractivity contribution in [1.29, 1.82) is 0 Å². The lowest BCUT2D eigenvalue weighted by molar-refractivity contribution is 0.0963. The lowest BCUT2D eigenvalue weighted by atomic mass is 9.96. The summed E-state index contributed by atoms with van der Waals surface area (Å²) in [5.74, 6) is 5.65. The second kappa shape index (κ2) is 8.84. The van der Waals surface area contributed by atoms with Crippen LogP contribution in [0.15, 0.2) is 24.3 Å². The van der Waals surface area contributed by atoms with Crippen molar-refractivity contribution in [2.75, 3.05) is 13.6 Å².